The van der Waals surface area contributed by atoms with Crippen LogP contribution in [0.2, 0.25) is 15.1 Å². The number of esters is 1. The number of halogens is 3. The third-order valence-corrected chi connectivity index (χ3v) is 5.44. The molecular formula is C21H17Cl3N4O6. The summed E-state index contributed by atoms with van der Waals surface area (Å²) in [4.78, 5) is 60.6. The highest BCUT2D eigenvalue weighted by molar-refractivity contribution is 6.36. The summed E-state index contributed by atoms with van der Waals surface area (Å²) < 4.78 is 4.91. The Balaban J connectivity index is 1.44. The van der Waals surface area contributed by atoms with Crippen molar-refractivity contribution in [2.45, 2.75) is 6.42 Å². The van der Waals surface area contributed by atoms with E-state index in [1.54, 1.807) is 0 Å². The summed E-state index contributed by atoms with van der Waals surface area (Å²) in [5, 5.41) is 1.87. The Kier molecular flexibility index (Phi) is 8.32. The van der Waals surface area contributed by atoms with Crippen molar-refractivity contribution < 1.29 is 28.7 Å². The van der Waals surface area contributed by atoms with Gasteiger partial charge in [0.2, 0.25) is 5.91 Å². The predicted octanol–water partition coefficient (Wildman–Crippen LogP) is 2.14. The van der Waals surface area contributed by atoms with Gasteiger partial charge >= 0.3 is 5.97 Å². The molecule has 0 radical (unpaired) electrons. The Morgan fingerprint density at radius 3 is 2.29 bits per heavy atom. The molecule has 1 heterocycles. The van der Waals surface area contributed by atoms with Crippen molar-refractivity contribution in [2.75, 3.05) is 13.2 Å². The van der Waals surface area contributed by atoms with E-state index in [0.29, 0.717) is 10.0 Å². The standard InChI is InChI=1S/C21H17Cl3N4O6/c22-13-3-1-11(2-4-13)19(31)26-25-17(29)10-34-21(33)12-7-18(30)28(9-12)27-20(32)15-6-5-14(23)8-16(15)24/h1-6,8,12H,7,9-10H2,(H,25,29)(H,26,31)(H,27,32)/t12-/m0/s1. The molecule has 1 atom stereocenters. The van der Waals surface area contributed by atoms with Crippen LogP contribution in [0.3, 0.4) is 0 Å². The van der Waals surface area contributed by atoms with Crippen molar-refractivity contribution in [3.05, 3.63) is 68.7 Å². The number of hydrogen-bond acceptors (Lipinski definition) is 6. The van der Waals surface area contributed by atoms with Crippen LogP contribution in [0.1, 0.15) is 27.1 Å². The molecule has 0 unspecified atom stereocenters. The van der Waals surface area contributed by atoms with E-state index in [1.807, 2.05) is 0 Å². The first kappa shape index (κ1) is 25.3. The van der Waals surface area contributed by atoms with Gasteiger partial charge in [-0.15, -0.1) is 0 Å². The van der Waals surface area contributed by atoms with Crippen LogP contribution < -0.4 is 16.3 Å². The van der Waals surface area contributed by atoms with Gasteiger partial charge in [0.25, 0.3) is 17.7 Å². The maximum absolute atomic E-state index is 12.4. The maximum Gasteiger partial charge on any atom is 0.311 e. The molecule has 1 aliphatic heterocycles. The van der Waals surface area contributed by atoms with Gasteiger partial charge in [0, 0.05) is 22.0 Å². The zero-order valence-electron chi connectivity index (χ0n) is 17.3. The average Bonchev–Trinajstić information content (AvgIpc) is 3.16. The number of ether oxygens (including phenoxy) is 1. The lowest BCUT2D eigenvalue weighted by Gasteiger charge is -2.18. The Bertz CT molecular complexity index is 1140. The summed E-state index contributed by atoms with van der Waals surface area (Å²) in [6, 6.07) is 10.2. The molecule has 3 rings (SSSR count). The minimum Gasteiger partial charge on any atom is -0.455 e. The van der Waals surface area contributed by atoms with E-state index in [-0.39, 0.29) is 29.1 Å². The van der Waals surface area contributed by atoms with Gasteiger partial charge in [-0.3, -0.25) is 45.3 Å². The molecular weight excluding hydrogens is 511 g/mol. The van der Waals surface area contributed by atoms with Gasteiger partial charge < -0.3 is 4.74 Å². The van der Waals surface area contributed by atoms with E-state index < -0.39 is 42.1 Å². The lowest BCUT2D eigenvalue weighted by molar-refractivity contribution is -0.152. The topological polar surface area (TPSA) is 134 Å². The van der Waals surface area contributed by atoms with E-state index in [4.69, 9.17) is 39.5 Å². The van der Waals surface area contributed by atoms with Crippen LogP contribution in [-0.2, 0) is 19.1 Å². The van der Waals surface area contributed by atoms with E-state index in [1.165, 1.54) is 42.5 Å². The first-order valence-corrected chi connectivity index (χ1v) is 10.8. The molecule has 178 valence electrons. The number of nitrogens with one attached hydrogen (secondary N) is 3. The Hall–Kier alpha value is -3.34. The quantitative estimate of drug-likeness (QED) is 0.389. The fourth-order valence-electron chi connectivity index (χ4n) is 2.92. The van der Waals surface area contributed by atoms with Gasteiger partial charge in [0.15, 0.2) is 6.61 Å². The van der Waals surface area contributed by atoms with Crippen LogP contribution in [0.15, 0.2) is 42.5 Å². The van der Waals surface area contributed by atoms with E-state index >= 15 is 0 Å². The Morgan fingerprint density at radius 1 is 0.941 bits per heavy atom. The summed E-state index contributed by atoms with van der Waals surface area (Å²) in [6.45, 7) is -0.833. The zero-order valence-corrected chi connectivity index (χ0v) is 19.5. The zero-order chi connectivity index (χ0) is 24.8. The minimum atomic E-state index is -0.898. The molecule has 0 bridgehead atoms. The molecule has 13 heteroatoms. The predicted molar refractivity (Wildman–Crippen MR) is 122 cm³/mol. The fraction of sp³-hybridized carbons (Fsp3) is 0.190. The first-order valence-electron chi connectivity index (χ1n) is 9.72. The molecule has 1 saturated heterocycles. The van der Waals surface area contributed by atoms with Crippen LogP contribution in [-0.4, -0.2) is 47.8 Å². The molecule has 1 aliphatic rings. The smallest absolute Gasteiger partial charge is 0.311 e. The summed E-state index contributed by atoms with van der Waals surface area (Å²) in [5.41, 5.74) is 7.01. The Labute approximate surface area is 208 Å². The van der Waals surface area contributed by atoms with E-state index in [2.05, 4.69) is 16.3 Å². The first-order chi connectivity index (χ1) is 16.1. The van der Waals surface area contributed by atoms with E-state index in [9.17, 15) is 24.0 Å². The lowest BCUT2D eigenvalue weighted by atomic mass is 10.1. The third kappa shape index (κ3) is 6.60. The number of hydrazine groups is 2. The van der Waals surface area contributed by atoms with Crippen molar-refractivity contribution in [1.29, 1.82) is 0 Å². The van der Waals surface area contributed by atoms with Crippen molar-refractivity contribution in [2.24, 2.45) is 5.92 Å². The van der Waals surface area contributed by atoms with Gasteiger partial charge in [-0.25, -0.2) is 0 Å². The van der Waals surface area contributed by atoms with Crippen molar-refractivity contribution in [3.63, 3.8) is 0 Å². The van der Waals surface area contributed by atoms with Crippen LogP contribution in [0.5, 0.6) is 0 Å². The molecule has 10 nitrogen and oxygen atoms in total. The monoisotopic (exact) mass is 526 g/mol. The molecule has 2 aromatic carbocycles. The van der Waals surface area contributed by atoms with Crippen molar-refractivity contribution in [3.8, 4) is 0 Å². The second kappa shape index (κ2) is 11.2. The highest BCUT2D eigenvalue weighted by atomic mass is 35.5. The van der Waals surface area contributed by atoms with Gasteiger partial charge in [-0.2, -0.15) is 0 Å². The number of nitrogens with zero attached hydrogens (tertiary/aromatic N) is 1. The highest BCUT2D eigenvalue weighted by Crippen LogP contribution is 2.22. The summed E-state index contributed by atoms with van der Waals surface area (Å²) in [7, 11) is 0. The van der Waals surface area contributed by atoms with Crippen molar-refractivity contribution in [1.82, 2.24) is 21.3 Å². The molecule has 0 spiro atoms. The molecule has 34 heavy (non-hydrogen) atoms. The van der Waals surface area contributed by atoms with Gasteiger partial charge in [0.1, 0.15) is 0 Å². The second-order valence-corrected chi connectivity index (χ2v) is 8.37. The maximum atomic E-state index is 12.4. The van der Waals surface area contributed by atoms with Gasteiger partial charge in [-0.05, 0) is 42.5 Å². The number of rotatable bonds is 6. The van der Waals surface area contributed by atoms with Gasteiger partial charge in [0.05, 0.1) is 23.0 Å². The summed E-state index contributed by atoms with van der Waals surface area (Å²) in [6.07, 6.45) is -0.220. The molecule has 0 aromatic heterocycles. The SMILES string of the molecule is O=C(COC(=O)[C@H]1CC(=O)N(NC(=O)c2ccc(Cl)cc2Cl)C1)NNC(=O)c1ccc(Cl)cc1. The number of carbonyl (C=O) groups excluding carboxylic acids is 5. The van der Waals surface area contributed by atoms with E-state index in [0.717, 1.165) is 5.01 Å². The van der Waals surface area contributed by atoms with Crippen LogP contribution in [0.4, 0.5) is 0 Å². The number of carbonyl (C=O) groups is 5. The third-order valence-electron chi connectivity index (χ3n) is 4.64. The Morgan fingerprint density at radius 2 is 1.62 bits per heavy atom. The molecule has 4 amide bonds. The van der Waals surface area contributed by atoms with Crippen molar-refractivity contribution >= 4 is 64.4 Å². The molecule has 0 saturated carbocycles. The van der Waals surface area contributed by atoms with Crippen LogP contribution in [0, 0.1) is 5.92 Å². The normalized spacial score (nSPS) is 15.0. The highest BCUT2D eigenvalue weighted by Gasteiger charge is 2.37. The minimum absolute atomic E-state index is 0.0989. The molecule has 0 aliphatic carbocycles. The number of benzene rings is 2. The molecule has 3 N–H and O–H groups in total. The van der Waals surface area contributed by atoms with Crippen LogP contribution in [0.25, 0.3) is 0 Å². The van der Waals surface area contributed by atoms with Crippen LogP contribution >= 0.6 is 34.8 Å². The second-order valence-electron chi connectivity index (χ2n) is 7.09. The number of hydrogen-bond donors (Lipinski definition) is 3. The largest absolute Gasteiger partial charge is 0.455 e. The van der Waals surface area contributed by atoms with Gasteiger partial charge in [-0.1, -0.05) is 34.8 Å². The molecule has 2 aromatic rings. The summed E-state index contributed by atoms with van der Waals surface area (Å²) >= 11 is 17.5. The summed E-state index contributed by atoms with van der Waals surface area (Å²) in [5.74, 6) is -4.26. The number of amides is 4. The average molecular weight is 528 g/mol. The molecule has 1 fully saturated rings. The fourth-order valence-corrected chi connectivity index (χ4v) is 3.54. The lowest BCUT2D eigenvalue weighted by Crippen LogP contribution is -2.44.